The maximum Gasteiger partial charge on any atom is 0.321 e. The van der Waals surface area contributed by atoms with Crippen LogP contribution in [0.15, 0.2) is 23.1 Å². The quantitative estimate of drug-likeness (QED) is 0.471. The van der Waals surface area contributed by atoms with Crippen molar-refractivity contribution in [1.29, 1.82) is 0 Å². The molecule has 0 aromatic heterocycles. The van der Waals surface area contributed by atoms with E-state index in [2.05, 4.69) is 4.74 Å². The van der Waals surface area contributed by atoms with E-state index in [4.69, 9.17) is 0 Å². The third-order valence-corrected chi connectivity index (χ3v) is 3.80. The number of carbonyl (C=O) groups is 1. The Morgan fingerprint density at radius 1 is 1.45 bits per heavy atom. The molecule has 8 nitrogen and oxygen atoms in total. The molecule has 9 heteroatoms. The van der Waals surface area contributed by atoms with Crippen LogP contribution in [0.25, 0.3) is 0 Å². The SMILES string of the molecule is CCOC(=O)CNS(=O)(=O)c1ccc(C)c([N+](=O)[O-])c1. The number of ether oxygens (including phenoxy) is 1. The Labute approximate surface area is 115 Å². The average Bonchev–Trinajstić information content (AvgIpc) is 2.37. The number of benzene rings is 1. The largest absolute Gasteiger partial charge is 0.465 e. The summed E-state index contributed by atoms with van der Waals surface area (Å²) in [6, 6.07) is 3.51. The molecule has 0 fully saturated rings. The van der Waals surface area contributed by atoms with Crippen molar-refractivity contribution in [3.8, 4) is 0 Å². The van der Waals surface area contributed by atoms with Gasteiger partial charge in [0.1, 0.15) is 6.54 Å². The van der Waals surface area contributed by atoms with Crippen molar-refractivity contribution in [1.82, 2.24) is 4.72 Å². The molecule has 0 bridgehead atoms. The molecule has 20 heavy (non-hydrogen) atoms. The molecule has 1 rings (SSSR count). The van der Waals surface area contributed by atoms with Crippen molar-refractivity contribution >= 4 is 21.7 Å². The molecule has 1 aromatic carbocycles. The molecule has 0 atom stereocenters. The number of nitrogens with one attached hydrogen (secondary N) is 1. The van der Waals surface area contributed by atoms with Crippen molar-refractivity contribution in [3.63, 3.8) is 0 Å². The van der Waals surface area contributed by atoms with Gasteiger partial charge in [-0.25, -0.2) is 8.42 Å². The highest BCUT2D eigenvalue weighted by atomic mass is 32.2. The highest BCUT2D eigenvalue weighted by Gasteiger charge is 2.20. The summed E-state index contributed by atoms with van der Waals surface area (Å²) < 4.78 is 30.4. The first-order valence-corrected chi connectivity index (χ1v) is 7.16. The van der Waals surface area contributed by atoms with E-state index in [1.54, 1.807) is 6.92 Å². The van der Waals surface area contributed by atoms with E-state index in [1.807, 2.05) is 4.72 Å². The minimum atomic E-state index is -4.00. The fourth-order valence-corrected chi connectivity index (χ4v) is 2.39. The number of esters is 1. The number of nitrogens with zero attached hydrogens (tertiary/aromatic N) is 1. The first kappa shape index (κ1) is 16.1. The lowest BCUT2D eigenvalue weighted by molar-refractivity contribution is -0.385. The van der Waals surface area contributed by atoms with Crippen LogP contribution in [0.5, 0.6) is 0 Å². The summed E-state index contributed by atoms with van der Waals surface area (Å²) in [6.45, 7) is 2.70. The van der Waals surface area contributed by atoms with Crippen LogP contribution in [-0.2, 0) is 19.6 Å². The minimum absolute atomic E-state index is 0.135. The van der Waals surface area contributed by atoms with E-state index in [9.17, 15) is 23.3 Å². The minimum Gasteiger partial charge on any atom is -0.465 e. The van der Waals surface area contributed by atoms with Gasteiger partial charge in [0.05, 0.1) is 16.4 Å². The van der Waals surface area contributed by atoms with E-state index in [1.165, 1.54) is 19.1 Å². The monoisotopic (exact) mass is 302 g/mol. The smallest absolute Gasteiger partial charge is 0.321 e. The topological polar surface area (TPSA) is 116 Å². The number of nitro groups is 1. The number of carbonyl (C=O) groups excluding carboxylic acids is 1. The zero-order chi connectivity index (χ0) is 15.3. The van der Waals surface area contributed by atoms with Gasteiger partial charge in [0.15, 0.2) is 0 Å². The molecular weight excluding hydrogens is 288 g/mol. The van der Waals surface area contributed by atoms with Gasteiger partial charge in [-0.1, -0.05) is 6.07 Å². The van der Waals surface area contributed by atoms with Crippen LogP contribution in [0.2, 0.25) is 0 Å². The number of rotatable bonds is 6. The highest BCUT2D eigenvalue weighted by Crippen LogP contribution is 2.21. The third kappa shape index (κ3) is 4.00. The van der Waals surface area contributed by atoms with Crippen LogP contribution < -0.4 is 4.72 Å². The fraction of sp³-hybridized carbons (Fsp3) is 0.364. The third-order valence-electron chi connectivity index (χ3n) is 2.40. The van der Waals surface area contributed by atoms with E-state index >= 15 is 0 Å². The first-order chi connectivity index (χ1) is 9.27. The van der Waals surface area contributed by atoms with Crippen molar-refractivity contribution < 1.29 is 22.9 Å². The standard InChI is InChI=1S/C11H14N2O6S/c1-3-19-11(14)7-12-20(17,18)9-5-4-8(2)10(6-9)13(15)16/h4-6,12H,3,7H2,1-2H3. The Kier molecular flexibility index (Phi) is 5.17. The molecule has 110 valence electrons. The van der Waals surface area contributed by atoms with Gasteiger partial charge >= 0.3 is 5.97 Å². The first-order valence-electron chi connectivity index (χ1n) is 5.68. The number of nitro benzene ring substituents is 1. The number of aryl methyl sites for hydroxylation is 1. The molecule has 0 aliphatic heterocycles. The van der Waals surface area contributed by atoms with E-state index in [0.717, 1.165) is 6.07 Å². The van der Waals surface area contributed by atoms with Gasteiger partial charge in [0.2, 0.25) is 10.0 Å². The summed E-state index contributed by atoms with van der Waals surface area (Å²) in [4.78, 5) is 20.9. The molecule has 0 heterocycles. The van der Waals surface area contributed by atoms with Gasteiger partial charge in [-0.3, -0.25) is 14.9 Å². The fourth-order valence-electron chi connectivity index (χ4n) is 1.40. The highest BCUT2D eigenvalue weighted by molar-refractivity contribution is 7.89. The summed E-state index contributed by atoms with van der Waals surface area (Å²) in [7, 11) is -4.00. The predicted molar refractivity (Wildman–Crippen MR) is 69.7 cm³/mol. The molecule has 0 saturated heterocycles. The van der Waals surface area contributed by atoms with Crippen LogP contribution >= 0.6 is 0 Å². The molecule has 1 aromatic rings. The van der Waals surface area contributed by atoms with E-state index in [0.29, 0.717) is 5.56 Å². The van der Waals surface area contributed by atoms with Gasteiger partial charge in [-0.2, -0.15) is 4.72 Å². The molecule has 1 N–H and O–H groups in total. The summed E-state index contributed by atoms with van der Waals surface area (Å²) >= 11 is 0. The molecule has 0 spiro atoms. The zero-order valence-electron chi connectivity index (χ0n) is 11.0. The van der Waals surface area contributed by atoms with Crippen LogP contribution in [0, 0.1) is 17.0 Å². The normalized spacial score (nSPS) is 11.1. The second kappa shape index (κ2) is 6.44. The van der Waals surface area contributed by atoms with Crippen LogP contribution in [0.1, 0.15) is 12.5 Å². The van der Waals surface area contributed by atoms with Gasteiger partial charge in [-0.05, 0) is 19.9 Å². The lowest BCUT2D eigenvalue weighted by atomic mass is 10.2. The van der Waals surface area contributed by atoms with Crippen molar-refractivity contribution in [2.45, 2.75) is 18.7 Å². The molecular formula is C11H14N2O6S. The van der Waals surface area contributed by atoms with E-state index in [-0.39, 0.29) is 17.2 Å². The molecule has 0 aliphatic rings. The molecule has 0 saturated carbocycles. The molecule has 0 aliphatic carbocycles. The predicted octanol–water partition coefficient (Wildman–Crippen LogP) is 0.745. The molecule has 0 radical (unpaired) electrons. The zero-order valence-corrected chi connectivity index (χ0v) is 11.8. The Bertz CT molecular complexity index is 626. The second-order valence-electron chi connectivity index (χ2n) is 3.83. The van der Waals surface area contributed by atoms with Crippen molar-refractivity contribution in [2.24, 2.45) is 0 Å². The van der Waals surface area contributed by atoms with E-state index < -0.39 is 27.5 Å². The number of sulfonamides is 1. The Morgan fingerprint density at radius 2 is 2.10 bits per heavy atom. The van der Waals surface area contributed by atoms with Gasteiger partial charge in [0.25, 0.3) is 5.69 Å². The van der Waals surface area contributed by atoms with Gasteiger partial charge in [0, 0.05) is 11.6 Å². The van der Waals surface area contributed by atoms with Gasteiger partial charge < -0.3 is 4.74 Å². The van der Waals surface area contributed by atoms with Crippen LogP contribution in [0.4, 0.5) is 5.69 Å². The summed E-state index contributed by atoms with van der Waals surface area (Å²) in [5.74, 6) is -0.724. The summed E-state index contributed by atoms with van der Waals surface area (Å²) in [6.07, 6.45) is 0. The molecule has 0 amide bonds. The summed E-state index contributed by atoms with van der Waals surface area (Å²) in [5, 5.41) is 10.8. The van der Waals surface area contributed by atoms with Crippen molar-refractivity contribution in [2.75, 3.05) is 13.2 Å². The lowest BCUT2D eigenvalue weighted by Crippen LogP contribution is -2.30. The maximum absolute atomic E-state index is 11.9. The lowest BCUT2D eigenvalue weighted by Gasteiger charge is -2.07. The van der Waals surface area contributed by atoms with Crippen LogP contribution in [-0.4, -0.2) is 32.5 Å². The Morgan fingerprint density at radius 3 is 2.65 bits per heavy atom. The number of hydrogen-bond donors (Lipinski definition) is 1. The average molecular weight is 302 g/mol. The molecule has 0 unspecified atom stereocenters. The summed E-state index contributed by atoms with van der Waals surface area (Å²) in [5.41, 5.74) is 0.0448. The maximum atomic E-state index is 11.9. The Balaban J connectivity index is 2.96. The second-order valence-corrected chi connectivity index (χ2v) is 5.60. The van der Waals surface area contributed by atoms with Crippen molar-refractivity contribution in [3.05, 3.63) is 33.9 Å². The Hall–Kier alpha value is -2.00. The van der Waals surface area contributed by atoms with Crippen LogP contribution in [0.3, 0.4) is 0 Å². The van der Waals surface area contributed by atoms with Gasteiger partial charge in [-0.15, -0.1) is 0 Å². The number of hydrogen-bond acceptors (Lipinski definition) is 6.